The van der Waals surface area contributed by atoms with Gasteiger partial charge >= 0.3 is 0 Å². The summed E-state index contributed by atoms with van der Waals surface area (Å²) in [5.74, 6) is 0.841. The molecule has 0 fully saturated rings. The Hall–Kier alpha value is -3.63. The van der Waals surface area contributed by atoms with Crippen molar-refractivity contribution in [3.63, 3.8) is 0 Å². The number of primary amides is 1. The third-order valence-corrected chi connectivity index (χ3v) is 4.74. The maximum atomic E-state index is 12.1. The van der Waals surface area contributed by atoms with E-state index in [-0.39, 0.29) is 18.1 Å². The second kappa shape index (κ2) is 10.6. The molecule has 0 bridgehead atoms. The molecule has 1 amide bonds. The lowest BCUT2D eigenvalue weighted by Gasteiger charge is -2.20. The fourth-order valence-corrected chi connectivity index (χ4v) is 3.06. The van der Waals surface area contributed by atoms with Gasteiger partial charge in [-0.05, 0) is 19.2 Å². The smallest absolute Gasteiger partial charge is 0.271 e. The Morgan fingerprint density at radius 3 is 2.47 bits per heavy atom. The molecule has 0 aliphatic carbocycles. The molecule has 3 rings (SSSR count). The second-order valence-electron chi connectivity index (χ2n) is 6.98. The normalized spacial score (nSPS) is 10.9. The number of hydrogen-bond acceptors (Lipinski definition) is 9. The number of nitrogens with two attached hydrogens (primary N) is 1. The van der Waals surface area contributed by atoms with Gasteiger partial charge in [0, 0.05) is 25.2 Å². The van der Waals surface area contributed by atoms with Gasteiger partial charge in [0.05, 0.1) is 37.5 Å². The Morgan fingerprint density at radius 1 is 1.12 bits per heavy atom. The van der Waals surface area contributed by atoms with E-state index in [0.717, 1.165) is 0 Å². The molecule has 0 saturated carbocycles. The SMILES string of the molecule is COc1cc(Nc2nc3ccccc3nc2C(N)=O)c(OCCN(C)CCO)c(OC)c1. The summed E-state index contributed by atoms with van der Waals surface area (Å²) in [4.78, 5) is 22.9. The molecular weight excluding hydrogens is 414 g/mol. The van der Waals surface area contributed by atoms with Crippen LogP contribution in [0.3, 0.4) is 0 Å². The minimum atomic E-state index is -0.714. The van der Waals surface area contributed by atoms with Crippen LogP contribution in [-0.4, -0.2) is 73.5 Å². The van der Waals surface area contributed by atoms with Crippen LogP contribution < -0.4 is 25.3 Å². The molecule has 0 radical (unpaired) electrons. The van der Waals surface area contributed by atoms with Crippen LogP contribution >= 0.6 is 0 Å². The number of fused-ring (bicyclic) bond motifs is 1. The lowest BCUT2D eigenvalue weighted by molar-refractivity contribution is 0.0996. The maximum absolute atomic E-state index is 12.1. The first kappa shape index (κ1) is 23.0. The van der Waals surface area contributed by atoms with E-state index in [1.54, 1.807) is 24.3 Å². The number of aliphatic hydroxyl groups excluding tert-OH is 1. The third kappa shape index (κ3) is 5.34. The zero-order valence-electron chi connectivity index (χ0n) is 18.3. The van der Waals surface area contributed by atoms with Gasteiger partial charge in [0.25, 0.3) is 5.91 Å². The molecule has 0 aliphatic heterocycles. The number of rotatable bonds is 11. The quantitative estimate of drug-likeness (QED) is 0.407. The van der Waals surface area contributed by atoms with E-state index in [1.165, 1.54) is 14.2 Å². The minimum absolute atomic E-state index is 0.000819. The van der Waals surface area contributed by atoms with E-state index >= 15 is 0 Å². The largest absolute Gasteiger partial charge is 0.497 e. The molecule has 4 N–H and O–H groups in total. The highest BCUT2D eigenvalue weighted by molar-refractivity contribution is 5.98. The number of methoxy groups -OCH3 is 2. The van der Waals surface area contributed by atoms with Crippen molar-refractivity contribution in [3.8, 4) is 17.2 Å². The second-order valence-corrected chi connectivity index (χ2v) is 6.98. The Morgan fingerprint density at radius 2 is 1.84 bits per heavy atom. The number of amides is 1. The van der Waals surface area contributed by atoms with Crippen LogP contribution in [0.4, 0.5) is 11.5 Å². The van der Waals surface area contributed by atoms with Crippen LogP contribution in [0.5, 0.6) is 17.2 Å². The summed E-state index contributed by atoms with van der Waals surface area (Å²) < 4.78 is 16.9. The Bertz CT molecular complexity index is 1090. The number of carbonyl (C=O) groups excluding carboxylic acids is 1. The molecule has 0 saturated heterocycles. The van der Waals surface area contributed by atoms with Crippen LogP contribution in [-0.2, 0) is 0 Å². The van der Waals surface area contributed by atoms with E-state index in [9.17, 15) is 4.79 Å². The topological polar surface area (TPSA) is 132 Å². The van der Waals surface area contributed by atoms with Crippen molar-refractivity contribution in [1.29, 1.82) is 0 Å². The first-order valence-corrected chi connectivity index (χ1v) is 9.98. The van der Waals surface area contributed by atoms with Crippen molar-refractivity contribution in [2.45, 2.75) is 0 Å². The van der Waals surface area contributed by atoms with Gasteiger partial charge in [-0.25, -0.2) is 9.97 Å². The first-order chi connectivity index (χ1) is 15.5. The molecule has 32 heavy (non-hydrogen) atoms. The zero-order valence-corrected chi connectivity index (χ0v) is 18.3. The highest BCUT2D eigenvalue weighted by atomic mass is 16.5. The maximum Gasteiger partial charge on any atom is 0.271 e. The molecular formula is C22H27N5O5. The molecule has 0 atom stereocenters. The lowest BCUT2D eigenvalue weighted by atomic mass is 10.2. The number of aromatic nitrogens is 2. The number of carbonyl (C=O) groups is 1. The first-order valence-electron chi connectivity index (χ1n) is 9.98. The van der Waals surface area contributed by atoms with Crippen molar-refractivity contribution >= 4 is 28.4 Å². The third-order valence-electron chi connectivity index (χ3n) is 4.74. The number of benzene rings is 2. The highest BCUT2D eigenvalue weighted by Crippen LogP contribution is 2.41. The van der Waals surface area contributed by atoms with E-state index in [0.29, 0.717) is 53.7 Å². The summed E-state index contributed by atoms with van der Waals surface area (Å²) in [6, 6.07) is 10.6. The molecule has 10 heteroatoms. The van der Waals surface area contributed by atoms with Crippen molar-refractivity contribution in [3.05, 3.63) is 42.1 Å². The predicted octanol–water partition coefficient (Wildman–Crippen LogP) is 1.79. The number of ether oxygens (including phenoxy) is 3. The van der Waals surface area contributed by atoms with Gasteiger partial charge in [-0.1, -0.05) is 12.1 Å². The molecule has 170 valence electrons. The van der Waals surface area contributed by atoms with Crippen LogP contribution in [0.2, 0.25) is 0 Å². The Labute approximate surface area is 185 Å². The van der Waals surface area contributed by atoms with Crippen molar-refractivity contribution in [2.75, 3.05) is 52.9 Å². The lowest BCUT2D eigenvalue weighted by Crippen LogP contribution is -2.27. The van der Waals surface area contributed by atoms with E-state index < -0.39 is 5.91 Å². The van der Waals surface area contributed by atoms with Crippen molar-refractivity contribution in [2.24, 2.45) is 5.73 Å². The summed E-state index contributed by atoms with van der Waals surface area (Å²) >= 11 is 0. The Kier molecular flexibility index (Phi) is 7.63. The molecule has 2 aromatic carbocycles. The number of para-hydroxylation sites is 2. The molecule has 3 aromatic rings. The molecule has 1 aromatic heterocycles. The summed E-state index contributed by atoms with van der Waals surface area (Å²) in [7, 11) is 4.94. The van der Waals surface area contributed by atoms with Gasteiger partial charge in [0.1, 0.15) is 12.4 Å². The van der Waals surface area contributed by atoms with E-state index in [1.807, 2.05) is 24.1 Å². The van der Waals surface area contributed by atoms with Crippen LogP contribution in [0.25, 0.3) is 11.0 Å². The van der Waals surface area contributed by atoms with Gasteiger partial charge in [-0.15, -0.1) is 0 Å². The molecule has 0 spiro atoms. The number of aliphatic hydroxyl groups is 1. The monoisotopic (exact) mass is 441 g/mol. The van der Waals surface area contributed by atoms with Crippen LogP contribution in [0, 0.1) is 0 Å². The van der Waals surface area contributed by atoms with Crippen molar-refractivity contribution < 1.29 is 24.1 Å². The van der Waals surface area contributed by atoms with E-state index in [2.05, 4.69) is 15.3 Å². The van der Waals surface area contributed by atoms with Crippen LogP contribution in [0.15, 0.2) is 36.4 Å². The fraction of sp³-hybridized carbons (Fsp3) is 0.318. The van der Waals surface area contributed by atoms with Gasteiger partial charge in [0.2, 0.25) is 0 Å². The summed E-state index contributed by atoms with van der Waals surface area (Å²) in [5.41, 5.74) is 7.19. The summed E-state index contributed by atoms with van der Waals surface area (Å²) in [6.45, 7) is 1.51. The molecule has 0 aliphatic rings. The minimum Gasteiger partial charge on any atom is -0.497 e. The van der Waals surface area contributed by atoms with Gasteiger partial charge < -0.3 is 35.3 Å². The van der Waals surface area contributed by atoms with E-state index in [4.69, 9.17) is 25.1 Å². The summed E-state index contributed by atoms with van der Waals surface area (Å²) in [6.07, 6.45) is 0. The van der Waals surface area contributed by atoms with Crippen LogP contribution in [0.1, 0.15) is 10.5 Å². The van der Waals surface area contributed by atoms with Gasteiger partial charge in [0.15, 0.2) is 23.0 Å². The fourth-order valence-electron chi connectivity index (χ4n) is 3.06. The number of likely N-dealkylation sites (N-methyl/N-ethyl adjacent to an activating group) is 1. The van der Waals surface area contributed by atoms with Gasteiger partial charge in [-0.2, -0.15) is 0 Å². The zero-order chi connectivity index (χ0) is 23.1. The Balaban J connectivity index is 2.00. The van der Waals surface area contributed by atoms with Gasteiger partial charge in [-0.3, -0.25) is 4.79 Å². The molecule has 0 unspecified atom stereocenters. The number of nitrogens with zero attached hydrogens (tertiary/aromatic N) is 3. The standard InChI is InChI=1S/C22H27N5O5/c1-27(8-10-28)9-11-32-20-17(12-14(30-2)13-18(20)31-3)26-22-19(21(23)29)24-15-6-4-5-7-16(15)25-22/h4-7,12-13,28H,8-11H2,1-3H3,(H2,23,29)(H,25,26). The number of nitrogens with one attached hydrogen (secondary N) is 1. The molecule has 1 heterocycles. The molecule has 10 nitrogen and oxygen atoms in total. The predicted molar refractivity (Wildman–Crippen MR) is 121 cm³/mol. The highest BCUT2D eigenvalue weighted by Gasteiger charge is 2.19. The summed E-state index contributed by atoms with van der Waals surface area (Å²) in [5, 5.41) is 12.2. The van der Waals surface area contributed by atoms with Crippen molar-refractivity contribution in [1.82, 2.24) is 14.9 Å². The average Bonchev–Trinajstić information content (AvgIpc) is 2.79. The average molecular weight is 441 g/mol. The number of anilines is 2. The number of hydrogen-bond donors (Lipinski definition) is 3.